The van der Waals surface area contributed by atoms with Crippen molar-refractivity contribution in [3.63, 3.8) is 0 Å². The molecule has 1 saturated heterocycles. The summed E-state index contributed by atoms with van der Waals surface area (Å²) >= 11 is 0. The van der Waals surface area contributed by atoms with Gasteiger partial charge in [0.1, 0.15) is 0 Å². The third kappa shape index (κ3) is 3.33. The van der Waals surface area contributed by atoms with Crippen molar-refractivity contribution in [3.05, 3.63) is 29.8 Å². The minimum absolute atomic E-state index is 0.00816. The maximum atomic E-state index is 12.3. The van der Waals surface area contributed by atoms with Gasteiger partial charge in [-0.1, -0.05) is 12.1 Å². The summed E-state index contributed by atoms with van der Waals surface area (Å²) in [5, 5.41) is 27.2. The van der Waals surface area contributed by atoms with Crippen LogP contribution in [0, 0.1) is 0 Å². The minimum Gasteiger partial charge on any atom is -0.423 e. The van der Waals surface area contributed by atoms with Crippen LogP contribution in [0.3, 0.4) is 0 Å². The predicted molar refractivity (Wildman–Crippen MR) is 70.8 cm³/mol. The molecule has 6 nitrogen and oxygen atoms in total. The van der Waals surface area contributed by atoms with E-state index in [0.29, 0.717) is 37.2 Å². The van der Waals surface area contributed by atoms with Crippen molar-refractivity contribution < 1.29 is 19.9 Å². The molecule has 1 aromatic carbocycles. The smallest absolute Gasteiger partial charge is 0.423 e. The zero-order chi connectivity index (χ0) is 13.8. The first-order valence-corrected chi connectivity index (χ1v) is 6.20. The van der Waals surface area contributed by atoms with E-state index in [1.54, 1.807) is 23.1 Å². The van der Waals surface area contributed by atoms with Crippen molar-refractivity contribution in [3.8, 4) is 0 Å². The summed E-state index contributed by atoms with van der Waals surface area (Å²) in [7, 11) is -1.57. The largest absolute Gasteiger partial charge is 0.488 e. The number of hydrogen-bond donors (Lipinski definition) is 3. The van der Waals surface area contributed by atoms with Gasteiger partial charge in [-0.25, -0.2) is 0 Å². The molecule has 0 saturated carbocycles. The van der Waals surface area contributed by atoms with Crippen LogP contribution >= 0.6 is 0 Å². The molecule has 7 heteroatoms. The van der Waals surface area contributed by atoms with Crippen molar-refractivity contribution in [1.82, 2.24) is 9.80 Å². The molecule has 0 aromatic heterocycles. The van der Waals surface area contributed by atoms with E-state index < -0.39 is 7.12 Å². The van der Waals surface area contributed by atoms with Gasteiger partial charge in [-0.15, -0.1) is 0 Å². The van der Waals surface area contributed by atoms with Gasteiger partial charge in [0.05, 0.1) is 6.73 Å². The second-order valence-electron chi connectivity index (χ2n) is 4.55. The molecule has 0 unspecified atom stereocenters. The number of aliphatic hydroxyl groups excluding tert-OH is 1. The fraction of sp³-hybridized carbons (Fsp3) is 0.417. The molecule has 2 rings (SSSR count). The topological polar surface area (TPSA) is 84.2 Å². The molecule has 0 spiro atoms. The third-order valence-electron chi connectivity index (χ3n) is 3.29. The first-order valence-electron chi connectivity index (χ1n) is 6.20. The molecule has 1 amide bonds. The second-order valence-corrected chi connectivity index (χ2v) is 4.55. The van der Waals surface area contributed by atoms with Crippen molar-refractivity contribution in [2.24, 2.45) is 0 Å². The Labute approximate surface area is 112 Å². The lowest BCUT2D eigenvalue weighted by atomic mass is 9.79. The fourth-order valence-corrected chi connectivity index (χ4v) is 2.11. The average Bonchev–Trinajstić information content (AvgIpc) is 2.46. The highest BCUT2D eigenvalue weighted by molar-refractivity contribution is 6.58. The molecule has 1 aromatic rings. The second kappa shape index (κ2) is 6.16. The van der Waals surface area contributed by atoms with Crippen LogP contribution in [-0.2, 0) is 0 Å². The molecule has 19 heavy (non-hydrogen) atoms. The number of hydrogen-bond acceptors (Lipinski definition) is 5. The number of aliphatic hydroxyl groups is 1. The predicted octanol–water partition coefficient (Wildman–Crippen LogP) is -1.93. The molecule has 0 atom stereocenters. The van der Waals surface area contributed by atoms with Gasteiger partial charge in [-0.05, 0) is 17.6 Å². The SMILES string of the molecule is O=C(c1cccc(B(O)O)c1)N1CCN(CO)CC1. The van der Waals surface area contributed by atoms with Crippen LogP contribution in [0.25, 0.3) is 0 Å². The first kappa shape index (κ1) is 14.0. The van der Waals surface area contributed by atoms with E-state index in [9.17, 15) is 4.79 Å². The summed E-state index contributed by atoms with van der Waals surface area (Å²) in [5.74, 6) is -0.125. The number of carbonyl (C=O) groups excluding carboxylic acids is 1. The summed E-state index contributed by atoms with van der Waals surface area (Å²) < 4.78 is 0. The summed E-state index contributed by atoms with van der Waals surface area (Å²) in [6.45, 7) is 2.42. The van der Waals surface area contributed by atoms with Gasteiger partial charge in [-0.2, -0.15) is 0 Å². The number of carbonyl (C=O) groups is 1. The zero-order valence-electron chi connectivity index (χ0n) is 10.6. The quantitative estimate of drug-likeness (QED) is 0.554. The lowest BCUT2D eigenvalue weighted by Crippen LogP contribution is -2.49. The maximum Gasteiger partial charge on any atom is 0.488 e. The first-order chi connectivity index (χ1) is 9.11. The lowest BCUT2D eigenvalue weighted by Gasteiger charge is -2.33. The van der Waals surface area contributed by atoms with Gasteiger partial charge >= 0.3 is 7.12 Å². The van der Waals surface area contributed by atoms with Crippen molar-refractivity contribution >= 4 is 18.5 Å². The van der Waals surface area contributed by atoms with E-state index in [4.69, 9.17) is 15.2 Å². The zero-order valence-corrected chi connectivity index (χ0v) is 10.6. The Morgan fingerprint density at radius 3 is 2.47 bits per heavy atom. The molecule has 1 heterocycles. The van der Waals surface area contributed by atoms with Crippen LogP contribution in [0.2, 0.25) is 0 Å². The van der Waals surface area contributed by atoms with E-state index in [0.717, 1.165) is 0 Å². The van der Waals surface area contributed by atoms with Crippen molar-refractivity contribution in [2.45, 2.75) is 0 Å². The van der Waals surface area contributed by atoms with Gasteiger partial charge in [0, 0.05) is 31.7 Å². The number of piperazine rings is 1. The molecule has 3 N–H and O–H groups in total. The fourth-order valence-electron chi connectivity index (χ4n) is 2.11. The Bertz CT molecular complexity index is 447. The lowest BCUT2D eigenvalue weighted by molar-refractivity contribution is 0.0423. The van der Waals surface area contributed by atoms with Crippen LogP contribution in [-0.4, -0.2) is 70.9 Å². The number of nitrogens with zero attached hydrogens (tertiary/aromatic N) is 2. The van der Waals surface area contributed by atoms with Gasteiger partial charge in [-0.3, -0.25) is 9.69 Å². The normalized spacial score (nSPS) is 16.5. The Morgan fingerprint density at radius 1 is 1.21 bits per heavy atom. The number of benzene rings is 1. The highest BCUT2D eigenvalue weighted by atomic mass is 16.4. The molecular formula is C12H17BN2O4. The Balaban J connectivity index is 2.06. The standard InChI is InChI=1S/C12H17BN2O4/c16-9-14-4-6-15(7-5-14)12(17)10-2-1-3-11(8-10)13(18)19/h1-3,8,16,18-19H,4-7,9H2. The van der Waals surface area contributed by atoms with Crippen LogP contribution in [0.15, 0.2) is 24.3 Å². The monoisotopic (exact) mass is 264 g/mol. The molecule has 1 fully saturated rings. The van der Waals surface area contributed by atoms with Crippen LogP contribution in [0.1, 0.15) is 10.4 Å². The molecule has 102 valence electrons. The Morgan fingerprint density at radius 2 is 1.89 bits per heavy atom. The molecule has 0 radical (unpaired) electrons. The van der Waals surface area contributed by atoms with Gasteiger partial charge in [0.25, 0.3) is 5.91 Å². The maximum absolute atomic E-state index is 12.3. The van der Waals surface area contributed by atoms with Gasteiger partial charge in [0.15, 0.2) is 0 Å². The van der Waals surface area contributed by atoms with Crippen LogP contribution in [0.5, 0.6) is 0 Å². The molecule has 1 aliphatic heterocycles. The number of amides is 1. The average molecular weight is 264 g/mol. The third-order valence-corrected chi connectivity index (χ3v) is 3.29. The molecular weight excluding hydrogens is 247 g/mol. The van der Waals surface area contributed by atoms with E-state index >= 15 is 0 Å². The number of rotatable bonds is 3. The Kier molecular flexibility index (Phi) is 4.54. The highest BCUT2D eigenvalue weighted by Crippen LogP contribution is 2.07. The van der Waals surface area contributed by atoms with E-state index in [2.05, 4.69) is 0 Å². The summed E-state index contributed by atoms with van der Waals surface area (Å²) in [5.41, 5.74) is 0.753. The van der Waals surface area contributed by atoms with Crippen LogP contribution in [0.4, 0.5) is 0 Å². The summed E-state index contributed by atoms with van der Waals surface area (Å²) in [6.07, 6.45) is 0. The van der Waals surface area contributed by atoms with Gasteiger partial charge < -0.3 is 20.1 Å². The summed E-state index contributed by atoms with van der Waals surface area (Å²) in [4.78, 5) is 15.8. The Hall–Kier alpha value is -1.41. The van der Waals surface area contributed by atoms with Gasteiger partial charge in [0.2, 0.25) is 0 Å². The molecule has 0 aliphatic carbocycles. The minimum atomic E-state index is -1.57. The van der Waals surface area contributed by atoms with E-state index in [-0.39, 0.29) is 12.6 Å². The van der Waals surface area contributed by atoms with Crippen LogP contribution < -0.4 is 5.46 Å². The van der Waals surface area contributed by atoms with Crippen molar-refractivity contribution in [2.75, 3.05) is 32.9 Å². The molecule has 1 aliphatic rings. The highest BCUT2D eigenvalue weighted by Gasteiger charge is 2.22. The summed E-state index contributed by atoms with van der Waals surface area (Å²) in [6, 6.07) is 6.34. The van der Waals surface area contributed by atoms with E-state index in [1.165, 1.54) is 6.07 Å². The van der Waals surface area contributed by atoms with E-state index in [1.807, 2.05) is 4.90 Å². The molecule has 0 bridgehead atoms. The van der Waals surface area contributed by atoms with Crippen molar-refractivity contribution in [1.29, 1.82) is 0 Å².